The average molecular weight is 209 g/mol. The summed E-state index contributed by atoms with van der Waals surface area (Å²) in [6.45, 7) is 3.81. The zero-order chi connectivity index (χ0) is 10.3. The van der Waals surface area contributed by atoms with Crippen molar-refractivity contribution >= 4 is 10.1 Å². The average Bonchev–Trinajstić information content (AvgIpc) is 2.03. The molecule has 1 atom stereocenters. The summed E-state index contributed by atoms with van der Waals surface area (Å²) in [4.78, 5) is 0. The van der Waals surface area contributed by atoms with E-state index in [-0.39, 0.29) is 18.4 Å². The largest absolute Gasteiger partial charge is 0.394 e. The Kier molecular flexibility index (Phi) is 5.89. The lowest BCUT2D eigenvalue weighted by atomic mass is 10.3. The molecule has 0 aromatic rings. The highest BCUT2D eigenvalue weighted by Gasteiger charge is 2.04. The van der Waals surface area contributed by atoms with E-state index >= 15 is 0 Å². The highest BCUT2D eigenvalue weighted by Crippen LogP contribution is 1.88. The summed E-state index contributed by atoms with van der Waals surface area (Å²) in [6.07, 6.45) is 1.84. The summed E-state index contributed by atoms with van der Waals surface area (Å²) >= 11 is 0. The van der Waals surface area contributed by atoms with Gasteiger partial charge in [-0.05, 0) is 13.0 Å². The topological polar surface area (TPSA) is 86.6 Å². The van der Waals surface area contributed by atoms with Crippen LogP contribution >= 0.6 is 0 Å². The quantitative estimate of drug-likeness (QED) is 0.296. The van der Waals surface area contributed by atoms with Crippen molar-refractivity contribution in [1.82, 2.24) is 5.32 Å². The Labute approximate surface area is 78.2 Å². The van der Waals surface area contributed by atoms with Crippen LogP contribution in [0.5, 0.6) is 0 Å². The molecule has 0 radical (unpaired) electrons. The molecule has 0 amide bonds. The summed E-state index contributed by atoms with van der Waals surface area (Å²) in [5.41, 5.74) is 0. The molecule has 0 spiro atoms. The lowest BCUT2D eigenvalue weighted by Crippen LogP contribution is -2.31. The van der Waals surface area contributed by atoms with Crippen molar-refractivity contribution in [3.63, 3.8) is 0 Å². The van der Waals surface area contributed by atoms with Crippen molar-refractivity contribution in [2.24, 2.45) is 0 Å². The van der Waals surface area contributed by atoms with Gasteiger partial charge in [0.15, 0.2) is 0 Å². The highest BCUT2D eigenvalue weighted by atomic mass is 32.2. The molecular weight excluding hydrogens is 194 g/mol. The van der Waals surface area contributed by atoms with E-state index in [1.807, 2.05) is 0 Å². The molecular formula is C7H15NO4S. The van der Waals surface area contributed by atoms with E-state index in [0.717, 1.165) is 0 Å². The molecule has 0 rings (SSSR count). The van der Waals surface area contributed by atoms with Crippen molar-refractivity contribution in [3.05, 3.63) is 12.7 Å². The SMILES string of the molecule is C=C[C@@H](CO)NCCCS(=O)(=O)O. The Hall–Kier alpha value is -0.430. The molecule has 0 aromatic heterocycles. The van der Waals surface area contributed by atoms with Gasteiger partial charge in [0, 0.05) is 6.04 Å². The minimum absolute atomic E-state index is 0.0740. The normalized spacial score (nSPS) is 14.0. The van der Waals surface area contributed by atoms with Gasteiger partial charge in [-0.2, -0.15) is 8.42 Å². The van der Waals surface area contributed by atoms with E-state index in [0.29, 0.717) is 13.0 Å². The smallest absolute Gasteiger partial charge is 0.264 e. The fourth-order valence-corrected chi connectivity index (χ4v) is 1.27. The Balaban J connectivity index is 3.51. The van der Waals surface area contributed by atoms with Crippen LogP contribution in [0.2, 0.25) is 0 Å². The van der Waals surface area contributed by atoms with Gasteiger partial charge in [-0.15, -0.1) is 6.58 Å². The summed E-state index contributed by atoms with van der Waals surface area (Å²) < 4.78 is 28.9. The number of rotatable bonds is 7. The van der Waals surface area contributed by atoms with E-state index in [1.54, 1.807) is 0 Å². The minimum atomic E-state index is -3.86. The molecule has 0 saturated heterocycles. The van der Waals surface area contributed by atoms with Gasteiger partial charge in [0.2, 0.25) is 0 Å². The molecule has 0 aliphatic carbocycles. The van der Waals surface area contributed by atoms with Gasteiger partial charge in [0.1, 0.15) is 0 Å². The van der Waals surface area contributed by atoms with Gasteiger partial charge in [0.25, 0.3) is 10.1 Å². The van der Waals surface area contributed by atoms with Gasteiger partial charge < -0.3 is 10.4 Å². The molecule has 0 aliphatic heterocycles. The van der Waals surface area contributed by atoms with Crippen LogP contribution in [0, 0.1) is 0 Å². The maximum absolute atomic E-state index is 10.3. The third kappa shape index (κ3) is 7.92. The third-order valence-electron chi connectivity index (χ3n) is 1.47. The highest BCUT2D eigenvalue weighted by molar-refractivity contribution is 7.85. The molecule has 6 heteroatoms. The van der Waals surface area contributed by atoms with Gasteiger partial charge in [-0.25, -0.2) is 0 Å². The maximum atomic E-state index is 10.3. The first-order chi connectivity index (χ1) is 5.99. The first-order valence-electron chi connectivity index (χ1n) is 3.91. The first kappa shape index (κ1) is 12.6. The summed E-state index contributed by atoms with van der Waals surface area (Å²) in [5.74, 6) is -0.269. The molecule has 13 heavy (non-hydrogen) atoms. The zero-order valence-electron chi connectivity index (χ0n) is 7.31. The molecule has 0 unspecified atom stereocenters. The van der Waals surface area contributed by atoms with Crippen molar-refractivity contribution < 1.29 is 18.1 Å². The molecule has 0 aliphatic rings. The van der Waals surface area contributed by atoms with E-state index in [2.05, 4.69) is 11.9 Å². The third-order valence-corrected chi connectivity index (χ3v) is 2.27. The lowest BCUT2D eigenvalue weighted by molar-refractivity contribution is 0.265. The molecule has 0 heterocycles. The summed E-state index contributed by atoms with van der Waals surface area (Å²) in [6, 6.07) is -0.221. The molecule has 5 nitrogen and oxygen atoms in total. The van der Waals surface area contributed by atoms with Crippen LogP contribution in [0.1, 0.15) is 6.42 Å². The lowest BCUT2D eigenvalue weighted by Gasteiger charge is -2.10. The van der Waals surface area contributed by atoms with Crippen molar-refractivity contribution in [2.75, 3.05) is 18.9 Å². The second-order valence-electron chi connectivity index (χ2n) is 2.62. The van der Waals surface area contributed by atoms with Crippen molar-refractivity contribution in [3.8, 4) is 0 Å². The summed E-state index contributed by atoms with van der Waals surface area (Å²) in [5, 5.41) is 11.5. The fourth-order valence-electron chi connectivity index (χ4n) is 0.764. The van der Waals surface area contributed by atoms with Gasteiger partial charge in [-0.1, -0.05) is 6.08 Å². The molecule has 78 valence electrons. The predicted molar refractivity (Wildman–Crippen MR) is 50.1 cm³/mol. The molecule has 0 aromatic carbocycles. The summed E-state index contributed by atoms with van der Waals surface area (Å²) in [7, 11) is -3.86. The van der Waals surface area contributed by atoms with Crippen LogP contribution in [0.15, 0.2) is 12.7 Å². The van der Waals surface area contributed by atoms with Crippen molar-refractivity contribution in [2.45, 2.75) is 12.5 Å². The second kappa shape index (κ2) is 6.09. The van der Waals surface area contributed by atoms with E-state index in [4.69, 9.17) is 9.66 Å². The first-order valence-corrected chi connectivity index (χ1v) is 5.52. The Bertz CT molecular complexity index is 237. The molecule has 0 bridgehead atoms. The standard InChI is InChI=1S/C7H15NO4S/c1-2-7(6-9)8-4-3-5-13(10,11)12/h2,7-9H,1,3-6H2,(H,10,11,12)/t7-/m0/s1. The number of hydrogen-bond donors (Lipinski definition) is 3. The Morgan fingerprint density at radius 3 is 2.54 bits per heavy atom. The van der Waals surface area contributed by atoms with Crippen molar-refractivity contribution in [1.29, 1.82) is 0 Å². The van der Waals surface area contributed by atoms with E-state index < -0.39 is 10.1 Å². The van der Waals surface area contributed by atoms with Crippen LogP contribution in [0.25, 0.3) is 0 Å². The number of hydrogen-bond acceptors (Lipinski definition) is 4. The van der Waals surface area contributed by atoms with E-state index in [1.165, 1.54) is 6.08 Å². The van der Waals surface area contributed by atoms with Crippen LogP contribution in [0.3, 0.4) is 0 Å². The number of nitrogens with one attached hydrogen (secondary N) is 1. The molecule has 3 N–H and O–H groups in total. The van der Waals surface area contributed by atoms with Gasteiger partial charge in [-0.3, -0.25) is 4.55 Å². The molecule has 0 fully saturated rings. The van der Waals surface area contributed by atoms with Gasteiger partial charge in [0.05, 0.1) is 12.4 Å². The Morgan fingerprint density at radius 1 is 1.54 bits per heavy atom. The van der Waals surface area contributed by atoms with Crippen LogP contribution < -0.4 is 5.32 Å². The van der Waals surface area contributed by atoms with Crippen LogP contribution in [-0.4, -0.2) is 43.0 Å². The monoisotopic (exact) mass is 209 g/mol. The minimum Gasteiger partial charge on any atom is -0.394 e. The zero-order valence-corrected chi connectivity index (χ0v) is 8.13. The maximum Gasteiger partial charge on any atom is 0.264 e. The van der Waals surface area contributed by atoms with Crippen LogP contribution in [0.4, 0.5) is 0 Å². The fraction of sp³-hybridized carbons (Fsp3) is 0.714. The van der Waals surface area contributed by atoms with Crippen LogP contribution in [-0.2, 0) is 10.1 Å². The molecule has 0 saturated carbocycles. The Morgan fingerprint density at radius 2 is 2.15 bits per heavy atom. The second-order valence-corrected chi connectivity index (χ2v) is 4.19. The number of aliphatic hydroxyl groups excluding tert-OH is 1. The van der Waals surface area contributed by atoms with E-state index in [9.17, 15) is 8.42 Å². The predicted octanol–water partition coefficient (Wildman–Crippen LogP) is -0.599. The van der Waals surface area contributed by atoms with Gasteiger partial charge >= 0.3 is 0 Å². The number of aliphatic hydroxyl groups is 1.